The maximum Gasteiger partial charge on any atom is 0.292 e. The monoisotopic (exact) mass is 303 g/mol. The molecule has 0 aliphatic rings. The molecule has 0 saturated heterocycles. The van der Waals surface area contributed by atoms with Crippen molar-refractivity contribution in [3.8, 4) is 6.07 Å². The van der Waals surface area contributed by atoms with Crippen molar-refractivity contribution in [2.75, 3.05) is 32.5 Å². The van der Waals surface area contributed by atoms with Crippen molar-refractivity contribution in [2.24, 2.45) is 0 Å². The second-order valence-electron chi connectivity index (χ2n) is 4.66. The molecular formula is C14H17N5O3. The van der Waals surface area contributed by atoms with Crippen molar-refractivity contribution in [2.45, 2.75) is 0 Å². The van der Waals surface area contributed by atoms with Crippen molar-refractivity contribution >= 4 is 17.3 Å². The fourth-order valence-corrected chi connectivity index (χ4v) is 1.54. The highest BCUT2D eigenvalue weighted by atomic mass is 16.6. The van der Waals surface area contributed by atoms with Crippen molar-refractivity contribution in [3.05, 3.63) is 46.2 Å². The summed E-state index contributed by atoms with van der Waals surface area (Å²) in [4.78, 5) is 24.2. The van der Waals surface area contributed by atoms with Crippen molar-refractivity contribution < 1.29 is 9.72 Å². The highest BCUT2D eigenvalue weighted by Crippen LogP contribution is 2.23. The van der Waals surface area contributed by atoms with Crippen LogP contribution >= 0.6 is 0 Å². The van der Waals surface area contributed by atoms with Crippen LogP contribution in [0.15, 0.2) is 36.0 Å². The van der Waals surface area contributed by atoms with Gasteiger partial charge in [0.2, 0.25) is 0 Å². The summed E-state index contributed by atoms with van der Waals surface area (Å²) in [5.74, 6) is -0.700. The lowest BCUT2D eigenvalue weighted by molar-refractivity contribution is -0.383. The number of nitriles is 1. The summed E-state index contributed by atoms with van der Waals surface area (Å²) in [5.41, 5.74) is -0.336. The van der Waals surface area contributed by atoms with Crippen LogP contribution in [-0.2, 0) is 4.79 Å². The first kappa shape index (κ1) is 17.1. The SMILES string of the molecule is CN(C)CCN/C=C(/C#N)C(=O)Nc1ccccc1[N+](=O)[O-]. The average molecular weight is 303 g/mol. The number of benzene rings is 1. The molecule has 0 saturated carbocycles. The van der Waals surface area contributed by atoms with Crippen LogP contribution in [0, 0.1) is 21.4 Å². The smallest absolute Gasteiger partial charge is 0.292 e. The van der Waals surface area contributed by atoms with E-state index in [2.05, 4.69) is 10.6 Å². The zero-order chi connectivity index (χ0) is 16.5. The Morgan fingerprint density at radius 3 is 2.73 bits per heavy atom. The Balaban J connectivity index is 2.76. The van der Waals surface area contributed by atoms with Crippen LogP contribution < -0.4 is 10.6 Å². The van der Waals surface area contributed by atoms with E-state index in [9.17, 15) is 14.9 Å². The lowest BCUT2D eigenvalue weighted by Gasteiger charge is -2.09. The van der Waals surface area contributed by atoms with Crippen LogP contribution in [0.2, 0.25) is 0 Å². The molecule has 0 atom stereocenters. The standard InChI is InChI=1S/C14H17N5O3/c1-18(2)8-7-16-10-11(9-15)14(20)17-12-5-3-4-6-13(12)19(21)22/h3-6,10,16H,7-8H2,1-2H3,(H,17,20)/b11-10-. The molecule has 22 heavy (non-hydrogen) atoms. The Hall–Kier alpha value is -2.92. The zero-order valence-corrected chi connectivity index (χ0v) is 12.4. The Bertz CT molecular complexity index is 619. The number of nitrogens with zero attached hydrogens (tertiary/aromatic N) is 3. The van der Waals surface area contributed by atoms with Crippen molar-refractivity contribution in [1.82, 2.24) is 10.2 Å². The summed E-state index contributed by atoms with van der Waals surface area (Å²) >= 11 is 0. The summed E-state index contributed by atoms with van der Waals surface area (Å²) in [6, 6.07) is 7.51. The quantitative estimate of drug-likeness (QED) is 0.256. The third-order valence-corrected chi connectivity index (χ3v) is 2.66. The molecule has 0 spiro atoms. The van der Waals surface area contributed by atoms with Gasteiger partial charge < -0.3 is 15.5 Å². The summed E-state index contributed by atoms with van der Waals surface area (Å²) < 4.78 is 0. The summed E-state index contributed by atoms with van der Waals surface area (Å²) in [6.45, 7) is 1.30. The van der Waals surface area contributed by atoms with Crippen LogP contribution in [0.4, 0.5) is 11.4 Å². The van der Waals surface area contributed by atoms with E-state index < -0.39 is 10.8 Å². The van der Waals surface area contributed by atoms with E-state index in [4.69, 9.17) is 5.26 Å². The minimum Gasteiger partial charge on any atom is -0.388 e. The van der Waals surface area contributed by atoms with E-state index in [-0.39, 0.29) is 16.9 Å². The van der Waals surface area contributed by atoms with Crippen molar-refractivity contribution in [1.29, 1.82) is 5.26 Å². The van der Waals surface area contributed by atoms with Gasteiger partial charge in [-0.1, -0.05) is 12.1 Å². The van der Waals surface area contributed by atoms with E-state index in [1.807, 2.05) is 19.0 Å². The number of hydrogen-bond acceptors (Lipinski definition) is 6. The van der Waals surface area contributed by atoms with E-state index in [1.54, 1.807) is 12.1 Å². The lowest BCUT2D eigenvalue weighted by Crippen LogP contribution is -2.24. The van der Waals surface area contributed by atoms with Gasteiger partial charge in [-0.05, 0) is 20.2 Å². The minimum atomic E-state index is -0.700. The highest BCUT2D eigenvalue weighted by molar-refractivity contribution is 6.07. The second kappa shape index (κ2) is 8.39. The van der Waals surface area contributed by atoms with E-state index in [0.717, 1.165) is 6.54 Å². The van der Waals surface area contributed by atoms with E-state index in [0.29, 0.717) is 6.54 Å². The van der Waals surface area contributed by atoms with E-state index in [1.165, 1.54) is 24.4 Å². The van der Waals surface area contributed by atoms with Gasteiger partial charge in [0.25, 0.3) is 11.6 Å². The number of carbonyl (C=O) groups is 1. The van der Waals surface area contributed by atoms with Gasteiger partial charge in [0, 0.05) is 25.4 Å². The fraction of sp³-hybridized carbons (Fsp3) is 0.286. The number of rotatable bonds is 7. The molecule has 0 radical (unpaired) electrons. The Kier molecular flexibility index (Phi) is 6.53. The first-order chi connectivity index (χ1) is 10.5. The Labute approximate surface area is 128 Å². The molecule has 0 unspecified atom stereocenters. The van der Waals surface area contributed by atoms with Crippen LogP contribution in [0.5, 0.6) is 0 Å². The molecule has 8 heteroatoms. The molecule has 0 heterocycles. The zero-order valence-electron chi connectivity index (χ0n) is 12.4. The number of likely N-dealkylation sites (N-methyl/N-ethyl adjacent to an activating group) is 1. The first-order valence-corrected chi connectivity index (χ1v) is 6.49. The average Bonchev–Trinajstić information content (AvgIpc) is 2.47. The largest absolute Gasteiger partial charge is 0.388 e. The van der Waals surface area contributed by atoms with Crippen LogP contribution in [0.1, 0.15) is 0 Å². The Morgan fingerprint density at radius 2 is 2.14 bits per heavy atom. The number of carbonyl (C=O) groups excluding carboxylic acids is 1. The first-order valence-electron chi connectivity index (χ1n) is 6.49. The molecule has 0 bridgehead atoms. The molecule has 1 aromatic carbocycles. The fourth-order valence-electron chi connectivity index (χ4n) is 1.54. The molecule has 116 valence electrons. The third-order valence-electron chi connectivity index (χ3n) is 2.66. The van der Waals surface area contributed by atoms with Gasteiger partial charge in [0.1, 0.15) is 17.3 Å². The molecule has 0 aliphatic carbocycles. The highest BCUT2D eigenvalue weighted by Gasteiger charge is 2.16. The summed E-state index contributed by atoms with van der Waals surface area (Å²) in [5, 5.41) is 25.1. The molecule has 1 amide bonds. The second-order valence-corrected chi connectivity index (χ2v) is 4.66. The predicted octanol–water partition coefficient (Wildman–Crippen LogP) is 1.09. The lowest BCUT2D eigenvalue weighted by atomic mass is 10.2. The minimum absolute atomic E-state index is 0.0481. The summed E-state index contributed by atoms with van der Waals surface area (Å²) in [6.07, 6.45) is 1.30. The number of anilines is 1. The molecule has 0 aromatic heterocycles. The molecule has 8 nitrogen and oxygen atoms in total. The normalized spacial score (nSPS) is 10.9. The Morgan fingerprint density at radius 1 is 1.45 bits per heavy atom. The van der Waals surface area contributed by atoms with Gasteiger partial charge in [-0.25, -0.2) is 0 Å². The van der Waals surface area contributed by atoms with Crippen LogP contribution in [0.25, 0.3) is 0 Å². The molecule has 1 rings (SSSR count). The van der Waals surface area contributed by atoms with E-state index >= 15 is 0 Å². The van der Waals surface area contributed by atoms with Gasteiger partial charge in [0.15, 0.2) is 0 Å². The molecule has 0 aliphatic heterocycles. The topological polar surface area (TPSA) is 111 Å². The molecular weight excluding hydrogens is 286 g/mol. The molecule has 0 fully saturated rings. The maximum absolute atomic E-state index is 12.0. The predicted molar refractivity (Wildman–Crippen MR) is 82.0 cm³/mol. The van der Waals surface area contributed by atoms with Gasteiger partial charge in [-0.15, -0.1) is 0 Å². The molecule has 2 N–H and O–H groups in total. The molecule has 1 aromatic rings. The van der Waals surface area contributed by atoms with Gasteiger partial charge in [-0.2, -0.15) is 5.26 Å². The number of nitrogens with one attached hydrogen (secondary N) is 2. The number of hydrogen-bond donors (Lipinski definition) is 2. The van der Waals surface area contributed by atoms with Gasteiger partial charge in [0.05, 0.1) is 4.92 Å². The third kappa shape index (κ3) is 5.22. The van der Waals surface area contributed by atoms with Crippen LogP contribution in [-0.4, -0.2) is 42.9 Å². The number of para-hydroxylation sites is 2. The van der Waals surface area contributed by atoms with Gasteiger partial charge in [-0.3, -0.25) is 14.9 Å². The number of nitro benzene ring substituents is 1. The van der Waals surface area contributed by atoms with Crippen molar-refractivity contribution in [3.63, 3.8) is 0 Å². The van der Waals surface area contributed by atoms with Crippen LogP contribution in [0.3, 0.4) is 0 Å². The number of nitro groups is 1. The van der Waals surface area contributed by atoms with Gasteiger partial charge >= 0.3 is 0 Å². The summed E-state index contributed by atoms with van der Waals surface area (Å²) in [7, 11) is 3.80. The number of amides is 1. The maximum atomic E-state index is 12.0.